The molecule has 0 bridgehead atoms. The molecule has 0 radical (unpaired) electrons. The van der Waals surface area contributed by atoms with Crippen molar-refractivity contribution in [2.75, 3.05) is 20.6 Å². The third-order valence-electron chi connectivity index (χ3n) is 3.72. The number of likely N-dealkylation sites (N-methyl/N-ethyl adjacent to an activating group) is 1. The van der Waals surface area contributed by atoms with Gasteiger partial charge >= 0.3 is 0 Å². The van der Waals surface area contributed by atoms with Crippen molar-refractivity contribution in [2.45, 2.75) is 47.0 Å². The van der Waals surface area contributed by atoms with Crippen LogP contribution < -0.4 is 5.14 Å². The molecule has 0 fully saturated rings. The van der Waals surface area contributed by atoms with Crippen LogP contribution in [0.4, 0.5) is 0 Å². The van der Waals surface area contributed by atoms with Crippen LogP contribution in [0.3, 0.4) is 0 Å². The second-order valence-electron chi connectivity index (χ2n) is 6.49. The van der Waals surface area contributed by atoms with Crippen LogP contribution >= 0.6 is 24.2 Å². The van der Waals surface area contributed by atoms with Crippen molar-refractivity contribution >= 4 is 34.2 Å². The predicted molar refractivity (Wildman–Crippen MR) is 125 cm³/mol. The second-order valence-corrected chi connectivity index (χ2v) is 7.62. The standard InChI is InChI=1S/C14H19NS.C8H14.H3NS/c1-4-11-12-7-5-6-8-13(12)16-14(11)9-10-15(2)3;1-4-5-6-7-8(2)3;1-2/h5-8H,4,9-10H2,1-3H3;5-7H,4H2,1-3H3;2H,1H2/b;6-5-;. The molecule has 0 aliphatic heterocycles. The topological polar surface area (TPSA) is 29.3 Å². The van der Waals surface area contributed by atoms with E-state index in [4.69, 9.17) is 0 Å². The first kappa shape index (κ1) is 24.9. The Labute approximate surface area is 170 Å². The summed E-state index contributed by atoms with van der Waals surface area (Å²) in [5.41, 5.74) is 2.91. The molecule has 146 valence electrons. The van der Waals surface area contributed by atoms with Crippen LogP contribution in [-0.4, -0.2) is 25.5 Å². The quantitative estimate of drug-likeness (QED) is 0.448. The lowest BCUT2D eigenvalue weighted by Gasteiger charge is -2.08. The van der Waals surface area contributed by atoms with Crippen molar-refractivity contribution in [1.82, 2.24) is 4.90 Å². The monoisotopic (exact) mass is 392 g/mol. The normalized spacial score (nSPS) is 10.3. The van der Waals surface area contributed by atoms with Crippen LogP contribution in [0.1, 0.15) is 44.6 Å². The molecule has 1 heterocycles. The Bertz CT molecular complexity index is 666. The molecule has 2 rings (SSSR count). The van der Waals surface area contributed by atoms with Gasteiger partial charge in [-0.25, -0.2) is 0 Å². The molecule has 0 aliphatic carbocycles. The predicted octanol–water partition coefficient (Wildman–Crippen LogP) is 6.28. The van der Waals surface area contributed by atoms with Crippen molar-refractivity contribution in [3.63, 3.8) is 0 Å². The number of hydrogen-bond acceptors (Lipinski definition) is 4. The van der Waals surface area contributed by atoms with Crippen molar-refractivity contribution in [1.29, 1.82) is 0 Å². The molecular weight excluding hydrogens is 356 g/mol. The maximum absolute atomic E-state index is 4.19. The summed E-state index contributed by atoms with van der Waals surface area (Å²) in [5, 5.41) is 5.66. The number of hydrogen-bond donors (Lipinski definition) is 2. The number of rotatable bonds is 6. The average Bonchev–Trinajstić information content (AvgIpc) is 2.99. The molecule has 0 amide bonds. The first-order valence-corrected chi connectivity index (χ1v) is 10.5. The van der Waals surface area contributed by atoms with Gasteiger partial charge in [0.1, 0.15) is 0 Å². The molecule has 0 unspecified atom stereocenters. The van der Waals surface area contributed by atoms with Gasteiger partial charge in [-0.3, -0.25) is 5.14 Å². The molecule has 26 heavy (non-hydrogen) atoms. The Morgan fingerprint density at radius 3 is 2.35 bits per heavy atom. The Hall–Kier alpha value is -1.07. The molecule has 1 aromatic heterocycles. The molecule has 0 aliphatic rings. The molecule has 0 spiro atoms. The van der Waals surface area contributed by atoms with Crippen LogP contribution in [0.2, 0.25) is 0 Å². The van der Waals surface area contributed by atoms with E-state index in [1.807, 2.05) is 11.3 Å². The van der Waals surface area contributed by atoms with Crippen LogP contribution in [0.25, 0.3) is 10.1 Å². The number of thiol groups is 1. The zero-order chi connectivity index (χ0) is 19.9. The van der Waals surface area contributed by atoms with E-state index in [0.29, 0.717) is 0 Å². The lowest BCUT2D eigenvalue weighted by Crippen LogP contribution is -2.15. The van der Waals surface area contributed by atoms with E-state index in [1.165, 1.54) is 22.1 Å². The molecule has 0 saturated carbocycles. The minimum absolute atomic E-state index is 1.13. The highest BCUT2D eigenvalue weighted by Gasteiger charge is 2.09. The number of nitrogens with two attached hydrogens (primary N) is 1. The zero-order valence-electron chi connectivity index (χ0n) is 17.2. The molecule has 0 atom stereocenters. The molecule has 2 aromatic rings. The lowest BCUT2D eigenvalue weighted by atomic mass is 10.1. The van der Waals surface area contributed by atoms with Crippen molar-refractivity contribution in [3.05, 3.63) is 58.5 Å². The van der Waals surface area contributed by atoms with Crippen LogP contribution in [0.5, 0.6) is 0 Å². The minimum atomic E-state index is 1.13. The van der Waals surface area contributed by atoms with Gasteiger partial charge in [-0.15, -0.1) is 24.2 Å². The summed E-state index contributed by atoms with van der Waals surface area (Å²) in [6.45, 7) is 9.73. The van der Waals surface area contributed by atoms with Crippen molar-refractivity contribution in [2.24, 2.45) is 5.14 Å². The van der Waals surface area contributed by atoms with E-state index in [1.54, 1.807) is 10.4 Å². The van der Waals surface area contributed by atoms with E-state index in [9.17, 15) is 0 Å². The molecule has 2 N–H and O–H groups in total. The average molecular weight is 393 g/mol. The fourth-order valence-electron chi connectivity index (χ4n) is 2.46. The van der Waals surface area contributed by atoms with Gasteiger partial charge in [0.2, 0.25) is 0 Å². The van der Waals surface area contributed by atoms with E-state index in [2.05, 4.69) is 107 Å². The zero-order valence-corrected chi connectivity index (χ0v) is 19.0. The number of allylic oxidation sites excluding steroid dienone is 4. The highest BCUT2D eigenvalue weighted by atomic mass is 32.1. The molecular formula is C22H36N2S2. The highest BCUT2D eigenvalue weighted by molar-refractivity contribution is 7.77. The van der Waals surface area contributed by atoms with Gasteiger partial charge in [-0.05, 0) is 64.2 Å². The Kier molecular flexibility index (Phi) is 14.4. The fourth-order valence-corrected chi connectivity index (χ4v) is 3.74. The van der Waals surface area contributed by atoms with Gasteiger partial charge in [-0.1, -0.05) is 55.8 Å². The number of nitrogens with zero attached hydrogens (tertiary/aromatic N) is 1. The summed E-state index contributed by atoms with van der Waals surface area (Å²) in [7, 11) is 4.28. The van der Waals surface area contributed by atoms with Gasteiger partial charge in [0.05, 0.1) is 0 Å². The van der Waals surface area contributed by atoms with E-state index < -0.39 is 0 Å². The number of aryl methyl sites for hydroxylation is 1. The summed E-state index contributed by atoms with van der Waals surface area (Å²) in [6, 6.07) is 8.76. The smallest absolute Gasteiger partial charge is 0.0348 e. The minimum Gasteiger partial charge on any atom is -0.309 e. The van der Waals surface area contributed by atoms with Crippen molar-refractivity contribution < 1.29 is 0 Å². The summed E-state index contributed by atoms with van der Waals surface area (Å²) in [5.74, 6) is 0. The number of thiophene rings is 1. The first-order chi connectivity index (χ1) is 12.5. The second kappa shape index (κ2) is 15.0. The Morgan fingerprint density at radius 2 is 1.81 bits per heavy atom. The third-order valence-corrected chi connectivity index (χ3v) is 5.00. The molecule has 2 nitrogen and oxygen atoms in total. The lowest BCUT2D eigenvalue weighted by molar-refractivity contribution is 0.414. The Balaban J connectivity index is 0.000000533. The van der Waals surface area contributed by atoms with Crippen LogP contribution in [0, 0.1) is 0 Å². The number of fused-ring (bicyclic) bond motifs is 1. The summed E-state index contributed by atoms with van der Waals surface area (Å²) >= 11 is 4.99. The van der Waals surface area contributed by atoms with Gasteiger partial charge in [0, 0.05) is 16.1 Å². The maximum Gasteiger partial charge on any atom is 0.0348 e. The van der Waals surface area contributed by atoms with Gasteiger partial charge in [0.15, 0.2) is 0 Å². The van der Waals surface area contributed by atoms with Crippen LogP contribution in [0.15, 0.2) is 48.1 Å². The van der Waals surface area contributed by atoms with Crippen molar-refractivity contribution in [3.8, 4) is 0 Å². The van der Waals surface area contributed by atoms with E-state index in [0.717, 1.165) is 19.4 Å². The van der Waals surface area contributed by atoms with Gasteiger partial charge < -0.3 is 4.90 Å². The van der Waals surface area contributed by atoms with E-state index >= 15 is 0 Å². The van der Waals surface area contributed by atoms with E-state index in [-0.39, 0.29) is 0 Å². The van der Waals surface area contributed by atoms with Crippen LogP contribution in [-0.2, 0) is 12.8 Å². The molecule has 0 saturated heterocycles. The molecule has 4 heteroatoms. The number of benzene rings is 1. The molecule has 1 aromatic carbocycles. The first-order valence-electron chi connectivity index (χ1n) is 9.19. The summed E-state index contributed by atoms with van der Waals surface area (Å²) in [4.78, 5) is 3.82. The highest BCUT2D eigenvalue weighted by Crippen LogP contribution is 2.31. The fraction of sp³-hybridized carbons (Fsp3) is 0.455. The Morgan fingerprint density at radius 1 is 1.15 bits per heavy atom. The van der Waals surface area contributed by atoms with Gasteiger partial charge in [0.25, 0.3) is 0 Å². The summed E-state index contributed by atoms with van der Waals surface area (Å²) < 4.78 is 1.44. The van der Waals surface area contributed by atoms with Gasteiger partial charge in [-0.2, -0.15) is 0 Å². The third kappa shape index (κ3) is 9.58. The summed E-state index contributed by atoms with van der Waals surface area (Å²) in [6.07, 6.45) is 9.80. The SMILES string of the molecule is CC/C=C\C=C(C)C.CCc1c(CCN(C)C)sc2ccccc12.NS. The maximum atomic E-state index is 4.19. The largest absolute Gasteiger partial charge is 0.309 e.